The Morgan fingerprint density at radius 2 is 2.00 bits per heavy atom. The van der Waals surface area contributed by atoms with Gasteiger partial charge in [0.05, 0.1) is 6.10 Å². The molecule has 1 aliphatic rings. The van der Waals surface area contributed by atoms with Gasteiger partial charge in [-0.2, -0.15) is 0 Å². The second kappa shape index (κ2) is 9.13. The molecule has 1 saturated heterocycles. The molecule has 2 heterocycles. The molecular weight excluding hydrogens is 398 g/mol. The summed E-state index contributed by atoms with van der Waals surface area (Å²) >= 11 is 0. The van der Waals surface area contributed by atoms with E-state index in [4.69, 9.17) is 18.7 Å². The SMILES string of the molecule is CC(=O)OC[C@H](F)C1O[C@@H](OP(=O)(O)n2ccnc2)C(OC(C)=O)[C@@H](C)[C@@H]1C. The van der Waals surface area contributed by atoms with Gasteiger partial charge in [0.2, 0.25) is 6.29 Å². The van der Waals surface area contributed by atoms with Crippen LogP contribution in [-0.2, 0) is 32.9 Å². The van der Waals surface area contributed by atoms with Crippen LogP contribution >= 0.6 is 7.75 Å². The van der Waals surface area contributed by atoms with Crippen molar-refractivity contribution in [3.8, 4) is 0 Å². The number of carbonyl (C=O) groups excluding carboxylic acids is 2. The number of rotatable bonds is 7. The van der Waals surface area contributed by atoms with Crippen molar-refractivity contribution in [3.63, 3.8) is 0 Å². The van der Waals surface area contributed by atoms with E-state index in [9.17, 15) is 23.4 Å². The Balaban J connectivity index is 2.24. The fraction of sp³-hybridized carbons (Fsp3) is 0.688. The smallest absolute Gasteiger partial charge is 0.439 e. The molecule has 0 spiro atoms. The highest BCUT2D eigenvalue weighted by atomic mass is 31.2. The molecule has 1 N–H and O–H groups in total. The van der Waals surface area contributed by atoms with Gasteiger partial charge >= 0.3 is 19.7 Å². The molecule has 1 aliphatic heterocycles. The van der Waals surface area contributed by atoms with E-state index in [0.29, 0.717) is 0 Å². The Morgan fingerprint density at radius 3 is 2.54 bits per heavy atom. The van der Waals surface area contributed by atoms with Crippen LogP contribution in [0, 0.1) is 11.8 Å². The normalized spacial score (nSPS) is 30.9. The monoisotopic (exact) mass is 422 g/mol. The van der Waals surface area contributed by atoms with E-state index in [0.717, 1.165) is 17.6 Å². The molecule has 0 saturated carbocycles. The summed E-state index contributed by atoms with van der Waals surface area (Å²) in [7, 11) is -4.45. The van der Waals surface area contributed by atoms with Gasteiger partial charge in [0.1, 0.15) is 12.9 Å². The molecule has 10 nitrogen and oxygen atoms in total. The molecule has 3 unspecified atom stereocenters. The van der Waals surface area contributed by atoms with Crippen molar-refractivity contribution in [2.75, 3.05) is 6.61 Å². The molecule has 1 aromatic rings. The maximum Gasteiger partial charge on any atom is 0.439 e. The Labute approximate surface area is 161 Å². The molecule has 1 aromatic heterocycles. The zero-order chi connectivity index (χ0) is 21.1. The van der Waals surface area contributed by atoms with Gasteiger partial charge in [0.15, 0.2) is 12.3 Å². The summed E-state index contributed by atoms with van der Waals surface area (Å²) in [4.78, 5) is 36.3. The van der Waals surface area contributed by atoms with Crippen LogP contribution in [0.1, 0.15) is 27.7 Å². The minimum absolute atomic E-state index is 0.471. The second-order valence-corrected chi connectivity index (χ2v) is 8.27. The molecule has 2 rings (SSSR count). The van der Waals surface area contributed by atoms with Crippen LogP contribution in [0.25, 0.3) is 0 Å². The number of halogens is 1. The lowest BCUT2D eigenvalue weighted by Crippen LogP contribution is -2.55. The minimum Gasteiger partial charge on any atom is -0.463 e. The number of alkyl halides is 1. The van der Waals surface area contributed by atoms with Crippen molar-refractivity contribution in [3.05, 3.63) is 18.7 Å². The predicted octanol–water partition coefficient (Wildman–Crippen LogP) is 1.68. The van der Waals surface area contributed by atoms with E-state index < -0.39 is 62.8 Å². The first-order valence-corrected chi connectivity index (χ1v) is 10.2. The van der Waals surface area contributed by atoms with E-state index in [-0.39, 0.29) is 0 Å². The molecule has 1 fully saturated rings. The third-order valence-corrected chi connectivity index (χ3v) is 5.86. The molecule has 0 radical (unpaired) electrons. The highest BCUT2D eigenvalue weighted by Crippen LogP contribution is 2.48. The predicted molar refractivity (Wildman–Crippen MR) is 92.6 cm³/mol. The molecule has 158 valence electrons. The van der Waals surface area contributed by atoms with Crippen LogP contribution in [0.3, 0.4) is 0 Å². The molecule has 0 bridgehead atoms. The van der Waals surface area contributed by atoms with Crippen LogP contribution in [0.5, 0.6) is 0 Å². The van der Waals surface area contributed by atoms with Gasteiger partial charge in [-0.25, -0.2) is 18.3 Å². The topological polar surface area (TPSA) is 126 Å². The average molecular weight is 422 g/mol. The Bertz CT molecular complexity index is 730. The van der Waals surface area contributed by atoms with Gasteiger partial charge in [-0.1, -0.05) is 13.8 Å². The number of nitrogens with zero attached hydrogens (tertiary/aromatic N) is 2. The fourth-order valence-corrected chi connectivity index (χ4v) is 3.91. The standard InChI is InChI=1S/C16H24FN2O8P/c1-9-10(2)15(25-12(4)21)16(26-14(9)13(17)7-24-11(3)20)27-28(22,23)19-6-5-18-8-19/h5-6,8-10,13-16H,7H2,1-4H3,(H,22,23)/t9-,10-,13-,14?,15?,16-/m0/s1. The summed E-state index contributed by atoms with van der Waals surface area (Å²) in [6.45, 7) is 5.14. The molecule has 7 atom stereocenters. The molecule has 0 aliphatic carbocycles. The Morgan fingerprint density at radius 1 is 1.32 bits per heavy atom. The summed E-state index contributed by atoms with van der Waals surface area (Å²) in [6.07, 6.45) is -1.82. The summed E-state index contributed by atoms with van der Waals surface area (Å²) < 4.78 is 48.7. The first kappa shape index (κ1) is 22.5. The molecule has 0 aromatic carbocycles. The number of hydrogen-bond donors (Lipinski definition) is 1. The second-order valence-electron chi connectivity index (χ2n) is 6.62. The number of imidazole rings is 1. The van der Waals surface area contributed by atoms with Gasteiger partial charge in [-0.3, -0.25) is 14.1 Å². The summed E-state index contributed by atoms with van der Waals surface area (Å²) in [5.41, 5.74) is 0. The van der Waals surface area contributed by atoms with Crippen LogP contribution < -0.4 is 0 Å². The Kier molecular flexibility index (Phi) is 7.33. The largest absolute Gasteiger partial charge is 0.463 e. The van der Waals surface area contributed by atoms with Crippen molar-refractivity contribution in [1.82, 2.24) is 9.32 Å². The number of hydrogen-bond acceptors (Lipinski definition) is 8. The number of aromatic nitrogens is 2. The average Bonchev–Trinajstić information content (AvgIpc) is 3.14. The van der Waals surface area contributed by atoms with E-state index in [1.165, 1.54) is 19.3 Å². The minimum atomic E-state index is -4.45. The van der Waals surface area contributed by atoms with E-state index in [2.05, 4.69) is 4.98 Å². The van der Waals surface area contributed by atoms with E-state index >= 15 is 0 Å². The lowest BCUT2D eigenvalue weighted by Gasteiger charge is -2.44. The van der Waals surface area contributed by atoms with Gasteiger partial charge in [-0.15, -0.1) is 0 Å². The van der Waals surface area contributed by atoms with E-state index in [1.54, 1.807) is 13.8 Å². The van der Waals surface area contributed by atoms with Gasteiger partial charge < -0.3 is 19.1 Å². The van der Waals surface area contributed by atoms with Crippen molar-refractivity contribution < 1.29 is 42.2 Å². The van der Waals surface area contributed by atoms with Crippen molar-refractivity contribution in [2.45, 2.75) is 52.4 Å². The lowest BCUT2D eigenvalue weighted by molar-refractivity contribution is -0.261. The lowest BCUT2D eigenvalue weighted by atomic mass is 9.82. The first-order valence-electron chi connectivity index (χ1n) is 8.63. The van der Waals surface area contributed by atoms with Gasteiger partial charge in [0, 0.05) is 32.2 Å². The van der Waals surface area contributed by atoms with Crippen molar-refractivity contribution in [1.29, 1.82) is 0 Å². The van der Waals surface area contributed by atoms with Crippen LogP contribution in [-0.4, -0.2) is 57.4 Å². The summed E-state index contributed by atoms with van der Waals surface area (Å²) in [6, 6.07) is 0. The molecule has 12 heteroatoms. The quantitative estimate of drug-likeness (QED) is 0.516. The third kappa shape index (κ3) is 5.38. The first-order chi connectivity index (χ1) is 13.0. The third-order valence-electron chi connectivity index (χ3n) is 4.55. The molecule has 28 heavy (non-hydrogen) atoms. The molecular formula is C16H24FN2O8P. The zero-order valence-corrected chi connectivity index (χ0v) is 16.8. The van der Waals surface area contributed by atoms with Gasteiger partial charge in [-0.05, 0) is 5.92 Å². The highest BCUT2D eigenvalue weighted by molar-refractivity contribution is 7.51. The van der Waals surface area contributed by atoms with Crippen molar-refractivity contribution in [2.24, 2.45) is 11.8 Å². The summed E-state index contributed by atoms with van der Waals surface area (Å²) in [5, 5.41) is 0. The maximum absolute atomic E-state index is 14.6. The van der Waals surface area contributed by atoms with Gasteiger partial charge in [0.25, 0.3) is 0 Å². The zero-order valence-electron chi connectivity index (χ0n) is 15.9. The van der Waals surface area contributed by atoms with Crippen molar-refractivity contribution >= 4 is 19.7 Å². The molecule has 0 amide bonds. The van der Waals surface area contributed by atoms with Crippen LogP contribution in [0.2, 0.25) is 0 Å². The number of ether oxygens (including phenoxy) is 3. The fourth-order valence-electron chi connectivity index (χ4n) is 2.94. The van der Waals surface area contributed by atoms with E-state index in [1.807, 2.05) is 0 Å². The highest BCUT2D eigenvalue weighted by Gasteiger charge is 2.49. The number of esters is 2. The maximum atomic E-state index is 14.6. The summed E-state index contributed by atoms with van der Waals surface area (Å²) in [5.74, 6) is -2.25. The van der Waals surface area contributed by atoms with Crippen LogP contribution in [0.4, 0.5) is 4.39 Å². The van der Waals surface area contributed by atoms with Crippen LogP contribution in [0.15, 0.2) is 18.7 Å². The number of carbonyl (C=O) groups is 2. The Hall–Kier alpha value is -1.81.